The number of para-hydroxylation sites is 1. The number of aliphatic hydroxyl groups excluding tert-OH is 1. The van der Waals surface area contributed by atoms with E-state index in [0.29, 0.717) is 28.3 Å². The molecule has 0 aromatic heterocycles. The van der Waals surface area contributed by atoms with Gasteiger partial charge < -0.3 is 14.6 Å². The van der Waals surface area contributed by atoms with Gasteiger partial charge in [0.1, 0.15) is 17.3 Å². The first-order valence-electron chi connectivity index (χ1n) is 11.5. The van der Waals surface area contributed by atoms with Crippen molar-refractivity contribution in [3.05, 3.63) is 94.6 Å². The smallest absolute Gasteiger partial charge is 0.300 e. The van der Waals surface area contributed by atoms with Gasteiger partial charge in [-0.2, -0.15) is 0 Å². The van der Waals surface area contributed by atoms with E-state index in [1.165, 1.54) is 12.0 Å². The molecule has 0 radical (unpaired) electrons. The zero-order valence-electron chi connectivity index (χ0n) is 20.5. The summed E-state index contributed by atoms with van der Waals surface area (Å²) in [5, 5.41) is 11.4. The van der Waals surface area contributed by atoms with Crippen LogP contribution >= 0.6 is 0 Å². The van der Waals surface area contributed by atoms with Crippen molar-refractivity contribution in [1.82, 2.24) is 0 Å². The van der Waals surface area contributed by atoms with Crippen molar-refractivity contribution in [2.24, 2.45) is 0 Å². The van der Waals surface area contributed by atoms with Crippen molar-refractivity contribution in [2.75, 3.05) is 12.0 Å². The number of carbonyl (C=O) groups is 2. The second kappa shape index (κ2) is 9.66. The van der Waals surface area contributed by atoms with Gasteiger partial charge in [-0.15, -0.1) is 0 Å². The Bertz CT molecular complexity index is 1310. The summed E-state index contributed by atoms with van der Waals surface area (Å²) in [7, 11) is 1.54. The average molecular weight is 472 g/mol. The molecule has 180 valence electrons. The lowest BCUT2D eigenvalue weighted by atomic mass is 9.94. The fourth-order valence-corrected chi connectivity index (χ4v) is 4.38. The molecule has 1 aliphatic heterocycles. The number of carbonyl (C=O) groups excluding carboxylic acids is 2. The van der Waals surface area contributed by atoms with Crippen LogP contribution in [0, 0.1) is 13.8 Å². The Morgan fingerprint density at radius 1 is 0.943 bits per heavy atom. The van der Waals surface area contributed by atoms with Crippen molar-refractivity contribution in [2.45, 2.75) is 39.8 Å². The number of nitrogens with zero attached hydrogens (tertiary/aromatic N) is 1. The van der Waals surface area contributed by atoms with E-state index >= 15 is 0 Å². The highest BCUT2D eigenvalue weighted by molar-refractivity contribution is 6.51. The molecular weight excluding hydrogens is 442 g/mol. The summed E-state index contributed by atoms with van der Waals surface area (Å²) in [5.74, 6) is -0.532. The van der Waals surface area contributed by atoms with Crippen LogP contribution < -0.4 is 14.4 Å². The minimum absolute atomic E-state index is 0.00267. The summed E-state index contributed by atoms with van der Waals surface area (Å²) in [5.41, 5.74) is 3.52. The Morgan fingerprint density at radius 2 is 1.63 bits per heavy atom. The molecule has 6 heteroatoms. The molecule has 3 aromatic rings. The maximum atomic E-state index is 13.4. The fraction of sp³-hybridized carbons (Fsp3) is 0.241. The third kappa shape index (κ3) is 4.39. The molecule has 1 amide bonds. The highest BCUT2D eigenvalue weighted by atomic mass is 16.5. The highest BCUT2D eigenvalue weighted by Gasteiger charge is 2.48. The van der Waals surface area contributed by atoms with Crippen LogP contribution in [0.5, 0.6) is 11.5 Å². The molecule has 6 nitrogen and oxygen atoms in total. The first kappa shape index (κ1) is 24.1. The van der Waals surface area contributed by atoms with Gasteiger partial charge in [-0.1, -0.05) is 30.3 Å². The number of aryl methyl sites for hydroxylation is 1. The molecular formula is C29H29NO5. The van der Waals surface area contributed by atoms with E-state index in [-0.39, 0.29) is 17.4 Å². The van der Waals surface area contributed by atoms with Gasteiger partial charge in [0.05, 0.1) is 24.8 Å². The third-order valence-electron chi connectivity index (χ3n) is 6.21. The molecule has 1 heterocycles. The molecule has 1 N–H and O–H groups in total. The molecule has 1 fully saturated rings. The van der Waals surface area contributed by atoms with E-state index < -0.39 is 17.7 Å². The second-order valence-corrected chi connectivity index (χ2v) is 8.82. The summed E-state index contributed by atoms with van der Waals surface area (Å²) in [6.07, 6.45) is 0.00267. The Morgan fingerprint density at radius 3 is 2.29 bits per heavy atom. The van der Waals surface area contributed by atoms with Crippen LogP contribution in [0.15, 0.2) is 72.3 Å². The summed E-state index contributed by atoms with van der Waals surface area (Å²) in [6, 6.07) is 18.8. The second-order valence-electron chi connectivity index (χ2n) is 8.82. The molecule has 1 unspecified atom stereocenters. The topological polar surface area (TPSA) is 76.1 Å². The number of Topliss-reactive ketones (excluding diaryl/α,β-unsaturated/α-hetero) is 1. The zero-order valence-corrected chi connectivity index (χ0v) is 20.5. The van der Waals surface area contributed by atoms with E-state index in [4.69, 9.17) is 9.47 Å². The number of aliphatic hydroxyl groups is 1. The maximum absolute atomic E-state index is 13.4. The van der Waals surface area contributed by atoms with Gasteiger partial charge in [0, 0.05) is 16.8 Å². The molecule has 0 aliphatic carbocycles. The van der Waals surface area contributed by atoms with Gasteiger partial charge in [0.15, 0.2) is 0 Å². The highest BCUT2D eigenvalue weighted by Crippen LogP contribution is 2.45. The van der Waals surface area contributed by atoms with Gasteiger partial charge in [0.2, 0.25) is 0 Å². The number of anilines is 1. The van der Waals surface area contributed by atoms with Crippen LogP contribution in [0.4, 0.5) is 5.69 Å². The van der Waals surface area contributed by atoms with Crippen molar-refractivity contribution in [1.29, 1.82) is 0 Å². The lowest BCUT2D eigenvalue weighted by Gasteiger charge is -2.28. The van der Waals surface area contributed by atoms with Gasteiger partial charge in [-0.05, 0) is 75.2 Å². The quantitative estimate of drug-likeness (QED) is 0.282. The molecule has 3 aromatic carbocycles. The minimum Gasteiger partial charge on any atom is -0.507 e. The molecule has 0 bridgehead atoms. The Balaban J connectivity index is 1.94. The van der Waals surface area contributed by atoms with Gasteiger partial charge in [-0.25, -0.2) is 0 Å². The number of rotatable bonds is 6. The number of ketones is 1. The van der Waals surface area contributed by atoms with Gasteiger partial charge >= 0.3 is 0 Å². The number of hydrogen-bond acceptors (Lipinski definition) is 5. The first-order chi connectivity index (χ1) is 16.7. The van der Waals surface area contributed by atoms with Crippen LogP contribution in [0.1, 0.15) is 42.1 Å². The molecule has 1 aliphatic rings. The van der Waals surface area contributed by atoms with E-state index in [2.05, 4.69) is 0 Å². The van der Waals surface area contributed by atoms with Crippen LogP contribution in [0.25, 0.3) is 5.76 Å². The van der Waals surface area contributed by atoms with Gasteiger partial charge in [0.25, 0.3) is 11.7 Å². The van der Waals surface area contributed by atoms with Crippen LogP contribution in [-0.4, -0.2) is 30.0 Å². The standard InChI is InChI=1S/C29H29NO5/c1-17(2)35-21-15-13-20(14-16-21)27(31)25-26(22-10-6-7-12-24(22)34-5)30(29(33)28(25)32)23-11-8-9-18(3)19(23)4/h6-17,26,31H,1-5H3/b27-25+. The SMILES string of the molecule is COc1ccccc1C1/C(=C(\O)c2ccc(OC(C)C)cc2)C(=O)C(=O)N1c1cccc(C)c1C. The van der Waals surface area contributed by atoms with E-state index in [1.807, 2.05) is 58.0 Å². The molecule has 0 saturated carbocycles. The summed E-state index contributed by atoms with van der Waals surface area (Å²) >= 11 is 0. The number of methoxy groups -OCH3 is 1. The van der Waals surface area contributed by atoms with Crippen LogP contribution in [0.2, 0.25) is 0 Å². The largest absolute Gasteiger partial charge is 0.507 e. The van der Waals surface area contributed by atoms with Gasteiger partial charge in [-0.3, -0.25) is 14.5 Å². The average Bonchev–Trinajstić information content (AvgIpc) is 3.10. The number of hydrogen-bond donors (Lipinski definition) is 1. The van der Waals surface area contributed by atoms with Crippen molar-refractivity contribution in [3.63, 3.8) is 0 Å². The zero-order chi connectivity index (χ0) is 25.3. The Kier molecular flexibility index (Phi) is 6.65. The van der Waals surface area contributed by atoms with Crippen molar-refractivity contribution < 1.29 is 24.2 Å². The fourth-order valence-electron chi connectivity index (χ4n) is 4.38. The Hall–Kier alpha value is -4.06. The summed E-state index contributed by atoms with van der Waals surface area (Å²) < 4.78 is 11.3. The van der Waals surface area contributed by atoms with Crippen LogP contribution in [0.3, 0.4) is 0 Å². The minimum atomic E-state index is -0.863. The normalized spacial score (nSPS) is 17.2. The van der Waals surface area contributed by atoms with E-state index in [0.717, 1.165) is 11.1 Å². The number of amides is 1. The Labute approximate surface area is 205 Å². The monoisotopic (exact) mass is 471 g/mol. The molecule has 0 spiro atoms. The lowest BCUT2D eigenvalue weighted by Crippen LogP contribution is -2.30. The van der Waals surface area contributed by atoms with Crippen molar-refractivity contribution in [3.8, 4) is 11.5 Å². The molecule has 35 heavy (non-hydrogen) atoms. The first-order valence-corrected chi connectivity index (χ1v) is 11.5. The predicted octanol–water partition coefficient (Wildman–Crippen LogP) is 5.73. The van der Waals surface area contributed by atoms with E-state index in [1.54, 1.807) is 36.4 Å². The van der Waals surface area contributed by atoms with Crippen molar-refractivity contribution >= 4 is 23.1 Å². The van der Waals surface area contributed by atoms with E-state index in [9.17, 15) is 14.7 Å². The third-order valence-corrected chi connectivity index (χ3v) is 6.21. The molecule has 1 saturated heterocycles. The number of benzene rings is 3. The number of ether oxygens (including phenoxy) is 2. The lowest BCUT2D eigenvalue weighted by molar-refractivity contribution is -0.132. The molecule has 4 rings (SSSR count). The summed E-state index contributed by atoms with van der Waals surface area (Å²) in [4.78, 5) is 28.3. The predicted molar refractivity (Wildman–Crippen MR) is 136 cm³/mol. The van der Waals surface area contributed by atoms with Crippen LogP contribution in [-0.2, 0) is 9.59 Å². The molecule has 1 atom stereocenters. The summed E-state index contributed by atoms with van der Waals surface area (Å²) in [6.45, 7) is 7.72. The maximum Gasteiger partial charge on any atom is 0.300 e.